The van der Waals surface area contributed by atoms with Gasteiger partial charge in [0, 0.05) is 35.5 Å². The molecule has 2 heterocycles. The zero-order valence-corrected chi connectivity index (χ0v) is 17.4. The molecule has 0 radical (unpaired) electrons. The fraction of sp³-hybridized carbons (Fsp3) is 0.300. The van der Waals surface area contributed by atoms with Crippen molar-refractivity contribution in [2.75, 3.05) is 6.61 Å². The minimum absolute atomic E-state index is 0.121. The highest BCUT2D eigenvalue weighted by molar-refractivity contribution is 9.10. The van der Waals surface area contributed by atoms with Crippen LogP contribution in [0.25, 0.3) is 11.1 Å². The number of hydrogen-bond acceptors (Lipinski definition) is 6. The van der Waals surface area contributed by atoms with E-state index in [1.807, 2.05) is 18.2 Å². The van der Waals surface area contributed by atoms with E-state index in [0.29, 0.717) is 25.0 Å². The number of aromatic nitrogens is 1. The third-order valence-corrected chi connectivity index (χ3v) is 5.49. The third-order valence-electron chi connectivity index (χ3n) is 4.99. The number of carbonyl (C=O) groups excluding carboxylic acids is 1. The highest BCUT2D eigenvalue weighted by atomic mass is 79.9. The van der Waals surface area contributed by atoms with Crippen molar-refractivity contribution >= 4 is 38.6 Å². The monoisotopic (exact) mass is 475 g/mol. The van der Waals surface area contributed by atoms with E-state index < -0.39 is 10.7 Å². The number of fused-ring (bicyclic) bond motifs is 2. The van der Waals surface area contributed by atoms with Gasteiger partial charge in [0.1, 0.15) is 5.75 Å². The molecule has 0 spiro atoms. The van der Waals surface area contributed by atoms with Crippen molar-refractivity contribution in [3.63, 3.8) is 0 Å². The lowest BCUT2D eigenvalue weighted by Gasteiger charge is -2.27. The summed E-state index contributed by atoms with van der Waals surface area (Å²) in [4.78, 5) is 34.9. The van der Waals surface area contributed by atoms with Gasteiger partial charge in [-0.25, -0.2) is 4.79 Å². The van der Waals surface area contributed by atoms with Crippen LogP contribution in [0.3, 0.4) is 0 Å². The van der Waals surface area contributed by atoms with Crippen LogP contribution < -0.4 is 15.8 Å². The number of halogens is 1. The van der Waals surface area contributed by atoms with Gasteiger partial charge in [-0.1, -0.05) is 15.9 Å². The normalized spacial score (nSPS) is 15.4. The van der Waals surface area contributed by atoms with Crippen LogP contribution >= 0.6 is 15.9 Å². The Morgan fingerprint density at radius 1 is 1.30 bits per heavy atom. The first kappa shape index (κ1) is 20.1. The molecule has 1 aliphatic rings. The smallest absolute Gasteiger partial charge is 0.419 e. The minimum Gasteiger partial charge on any atom is -0.493 e. The van der Waals surface area contributed by atoms with Gasteiger partial charge in [-0.05, 0) is 30.7 Å². The van der Waals surface area contributed by atoms with Crippen LogP contribution in [0.2, 0.25) is 0 Å². The summed E-state index contributed by atoms with van der Waals surface area (Å²) >= 11 is 3.44. The number of benzene rings is 2. The third kappa shape index (κ3) is 4.09. The lowest BCUT2D eigenvalue weighted by Crippen LogP contribution is -2.32. The molecular formula is C20H18BrN3O6. The number of amides is 1. The summed E-state index contributed by atoms with van der Waals surface area (Å²) in [5, 5.41) is 13.9. The van der Waals surface area contributed by atoms with Gasteiger partial charge in [-0.3, -0.25) is 19.5 Å². The number of nitro benzene ring substituents is 1. The second kappa shape index (κ2) is 8.31. The molecule has 1 amide bonds. The summed E-state index contributed by atoms with van der Waals surface area (Å²) in [6.07, 6.45) is 1.33. The second-order valence-corrected chi connectivity index (χ2v) is 7.89. The van der Waals surface area contributed by atoms with E-state index in [0.717, 1.165) is 15.8 Å². The van der Waals surface area contributed by atoms with E-state index >= 15 is 0 Å². The molecule has 1 unspecified atom stereocenters. The Labute approximate surface area is 178 Å². The first-order chi connectivity index (χ1) is 14.4. The number of rotatable bonds is 6. The maximum absolute atomic E-state index is 12.5. The maximum Gasteiger partial charge on any atom is 0.419 e. The summed E-state index contributed by atoms with van der Waals surface area (Å²) < 4.78 is 13.0. The fourth-order valence-corrected chi connectivity index (χ4v) is 3.94. The van der Waals surface area contributed by atoms with E-state index in [1.54, 1.807) is 0 Å². The van der Waals surface area contributed by atoms with Crippen molar-refractivity contribution in [1.82, 2.24) is 9.88 Å². The Morgan fingerprint density at radius 2 is 2.13 bits per heavy atom. The topological polar surface area (TPSA) is 117 Å². The van der Waals surface area contributed by atoms with Crippen LogP contribution in [0.4, 0.5) is 5.69 Å². The van der Waals surface area contributed by atoms with Gasteiger partial charge in [-0.2, -0.15) is 0 Å². The number of nitrogens with zero attached hydrogens (tertiary/aromatic N) is 2. The number of carbonyl (C=O) groups is 1. The molecule has 1 aromatic heterocycles. The number of aryl methyl sites for hydroxylation is 1. The Balaban J connectivity index is 1.39. The van der Waals surface area contributed by atoms with Crippen molar-refractivity contribution in [3.05, 3.63) is 67.1 Å². The van der Waals surface area contributed by atoms with Gasteiger partial charge in [0.2, 0.25) is 5.91 Å². The summed E-state index contributed by atoms with van der Waals surface area (Å²) in [7, 11) is 0. The summed E-state index contributed by atoms with van der Waals surface area (Å²) in [6.45, 7) is 0.801. The molecule has 0 fully saturated rings. The predicted molar refractivity (Wildman–Crippen MR) is 112 cm³/mol. The van der Waals surface area contributed by atoms with Gasteiger partial charge < -0.3 is 14.5 Å². The predicted octanol–water partition coefficient (Wildman–Crippen LogP) is 3.69. The van der Waals surface area contributed by atoms with Gasteiger partial charge in [0.15, 0.2) is 5.58 Å². The molecule has 3 aromatic rings. The van der Waals surface area contributed by atoms with E-state index in [9.17, 15) is 19.7 Å². The molecule has 0 saturated heterocycles. The van der Waals surface area contributed by atoms with Crippen LogP contribution in [-0.2, 0) is 11.3 Å². The van der Waals surface area contributed by atoms with Crippen LogP contribution in [0.15, 0.2) is 50.1 Å². The first-order valence-corrected chi connectivity index (χ1v) is 10.2. The molecule has 1 N–H and O–H groups in total. The highest BCUT2D eigenvalue weighted by Crippen LogP contribution is 2.34. The van der Waals surface area contributed by atoms with E-state index in [2.05, 4.69) is 21.2 Å². The van der Waals surface area contributed by atoms with Gasteiger partial charge in [0.05, 0.1) is 29.2 Å². The lowest BCUT2D eigenvalue weighted by atomic mass is 10.0. The van der Waals surface area contributed by atoms with Gasteiger partial charge in [-0.15, -0.1) is 0 Å². The largest absolute Gasteiger partial charge is 0.493 e. The van der Waals surface area contributed by atoms with Crippen LogP contribution in [0.5, 0.6) is 5.75 Å². The second-order valence-electron chi connectivity index (χ2n) is 6.97. The molecule has 1 atom stereocenters. The molecule has 0 aliphatic carbocycles. The molecule has 156 valence electrons. The number of hydrogen-bond donors (Lipinski definition) is 1. The summed E-state index contributed by atoms with van der Waals surface area (Å²) in [5.74, 6) is 0.0405. The van der Waals surface area contributed by atoms with Crippen LogP contribution in [0, 0.1) is 10.1 Å². The Morgan fingerprint density at radius 3 is 2.93 bits per heavy atom. The minimum atomic E-state index is -0.603. The fourth-order valence-electron chi connectivity index (χ4n) is 3.56. The Hall–Kier alpha value is -3.14. The number of nitrogens with one attached hydrogen (secondary N) is 1. The molecule has 1 aliphatic heterocycles. The Kier molecular flexibility index (Phi) is 5.58. The van der Waals surface area contributed by atoms with Gasteiger partial charge >= 0.3 is 5.76 Å². The summed E-state index contributed by atoms with van der Waals surface area (Å²) in [6, 6.07) is 9.60. The quantitative estimate of drug-likeness (QED) is 0.429. The number of oxazole rings is 1. The average molecular weight is 476 g/mol. The zero-order chi connectivity index (χ0) is 21.3. The van der Waals surface area contributed by atoms with E-state index in [-0.39, 0.29) is 36.2 Å². The molecule has 0 bridgehead atoms. The molecular weight excluding hydrogens is 458 g/mol. The van der Waals surface area contributed by atoms with Crippen LogP contribution in [-0.4, -0.2) is 22.0 Å². The standard InChI is InChI=1S/C20H18BrN3O6/c21-12-3-6-17-14(10-12)15(7-9-29-17)22-19(25)2-1-8-23-16-5-4-13(24(27)28)11-18(16)30-20(23)26/h3-6,10-11,15H,1-2,7-9H2,(H,22,25). The molecule has 4 rings (SSSR count). The molecule has 30 heavy (non-hydrogen) atoms. The molecule has 0 saturated carbocycles. The molecule has 10 heteroatoms. The Bertz CT molecular complexity index is 1180. The number of nitro groups is 1. The van der Waals surface area contributed by atoms with Crippen molar-refractivity contribution in [3.8, 4) is 5.75 Å². The number of non-ortho nitro benzene ring substituents is 1. The highest BCUT2D eigenvalue weighted by Gasteiger charge is 2.23. The average Bonchev–Trinajstić information content (AvgIpc) is 3.03. The SMILES string of the molecule is O=C(CCCn1c(=O)oc2cc([N+](=O)[O-])ccc21)NC1CCOc2ccc(Br)cc21. The van der Waals surface area contributed by atoms with Crippen molar-refractivity contribution in [1.29, 1.82) is 0 Å². The maximum atomic E-state index is 12.5. The van der Waals surface area contributed by atoms with Crippen LogP contribution in [0.1, 0.15) is 30.9 Å². The lowest BCUT2D eigenvalue weighted by molar-refractivity contribution is -0.384. The first-order valence-electron chi connectivity index (χ1n) is 9.42. The molecule has 2 aromatic carbocycles. The van der Waals surface area contributed by atoms with Crippen molar-refractivity contribution in [2.24, 2.45) is 0 Å². The molecule has 9 nitrogen and oxygen atoms in total. The number of ether oxygens (including phenoxy) is 1. The summed E-state index contributed by atoms with van der Waals surface area (Å²) in [5.41, 5.74) is 1.41. The van der Waals surface area contributed by atoms with E-state index in [1.165, 1.54) is 22.8 Å². The van der Waals surface area contributed by atoms with Gasteiger partial charge in [0.25, 0.3) is 5.69 Å². The van der Waals surface area contributed by atoms with Crippen molar-refractivity contribution < 1.29 is 18.9 Å². The van der Waals surface area contributed by atoms with Crippen molar-refractivity contribution in [2.45, 2.75) is 31.8 Å². The zero-order valence-electron chi connectivity index (χ0n) is 15.8. The van der Waals surface area contributed by atoms with E-state index in [4.69, 9.17) is 9.15 Å².